The maximum Gasteiger partial charge on any atom is 4.00 e. The van der Waals surface area contributed by atoms with Gasteiger partial charge in [0.2, 0.25) is 0 Å². The summed E-state index contributed by atoms with van der Waals surface area (Å²) in [5, 5.41) is 37.2. The van der Waals surface area contributed by atoms with Crippen LogP contribution in [0, 0.1) is 25.7 Å². The number of aromatic nitrogens is 3. The molecule has 348 valence electrons. The number of allylic oxidation sites excluding steroid dienone is 9. The average Bonchev–Trinajstić information content (AvgIpc) is 3.91. The van der Waals surface area contributed by atoms with Crippen LogP contribution in [-0.4, -0.2) is 39.6 Å². The summed E-state index contributed by atoms with van der Waals surface area (Å²) < 4.78 is 0. The molecule has 3 aromatic heterocycles. The smallest absolute Gasteiger partial charge is 0.684 e. The van der Waals surface area contributed by atoms with Crippen molar-refractivity contribution in [1.82, 2.24) is 15.0 Å². The maximum absolute atomic E-state index is 12.8. The van der Waals surface area contributed by atoms with Gasteiger partial charge >= 0.3 is 29.0 Å². The van der Waals surface area contributed by atoms with Crippen molar-refractivity contribution in [2.45, 2.75) is 151 Å². The zero-order valence-electron chi connectivity index (χ0n) is 39.6. The summed E-state index contributed by atoms with van der Waals surface area (Å²) in [6, 6.07) is -0.175. The molecule has 0 aliphatic carbocycles. The standard InChI is InChI=1S/C54H70N4O6.Fe/c1-10-39-36(7)44-29-50-54(51(60)22-14-21-35(6)20-13-19-34(5)18-12-17-33(4)16-11-15-32(2)3)38(9)45(57-50)28-49-42(31-59)41(24-26-53(63)64)48(58-49)30-47-40(23-25-52(61)62)37(8)43(56-47)27-46(39)55-44;/h10,15,17,19,21,27-28,30-31,36,39,44,51,60H,1,11-14,16,18,20,22-26,29H2,2-9H3,(H4,55,56,59,61,62,63,64);/q-2;+4/p-2/b33-17+,34-19+,35-21+,49-28-;/t36-,39-,44?,51-;/m0./s1. The van der Waals surface area contributed by atoms with Crippen LogP contribution in [0.25, 0.3) is 23.5 Å². The molecule has 3 N–H and O–H groups in total. The predicted molar refractivity (Wildman–Crippen MR) is 257 cm³/mol. The van der Waals surface area contributed by atoms with Crippen LogP contribution in [0.2, 0.25) is 0 Å². The van der Waals surface area contributed by atoms with Gasteiger partial charge in [-0.3, -0.25) is 14.4 Å². The monoisotopic (exact) mass is 924 g/mol. The molecule has 0 spiro atoms. The van der Waals surface area contributed by atoms with Crippen molar-refractivity contribution in [3.8, 4) is 0 Å². The van der Waals surface area contributed by atoms with Gasteiger partial charge in [-0.25, -0.2) is 0 Å². The number of aliphatic hydroxyl groups is 1. The fourth-order valence-corrected chi connectivity index (χ4v) is 9.04. The molecule has 0 radical (unpaired) electrons. The van der Waals surface area contributed by atoms with Crippen LogP contribution in [0.15, 0.2) is 64.9 Å². The van der Waals surface area contributed by atoms with Crippen molar-refractivity contribution in [2.24, 2.45) is 11.8 Å². The maximum atomic E-state index is 12.8. The Morgan fingerprint density at radius 1 is 0.738 bits per heavy atom. The number of hydrogen-bond acceptors (Lipinski definition) is 4. The molecule has 5 heterocycles. The Hall–Kier alpha value is -5.09. The second-order valence-electron chi connectivity index (χ2n) is 18.2. The number of aliphatic hydroxyl groups excluding tert-OH is 1. The summed E-state index contributed by atoms with van der Waals surface area (Å²) in [5.41, 5.74) is 12.7. The van der Waals surface area contributed by atoms with E-state index in [4.69, 9.17) is 20.3 Å². The minimum Gasteiger partial charge on any atom is -0.684 e. The molecule has 2 aliphatic heterocycles. The zero-order valence-corrected chi connectivity index (χ0v) is 40.7. The topological polar surface area (TPSA) is 168 Å². The van der Waals surface area contributed by atoms with E-state index in [-0.39, 0.29) is 66.2 Å². The second kappa shape index (κ2) is 24.4. The molecule has 3 aromatic rings. The van der Waals surface area contributed by atoms with Gasteiger partial charge in [0.15, 0.2) is 0 Å². The predicted octanol–water partition coefficient (Wildman–Crippen LogP) is 9.73. The zero-order chi connectivity index (χ0) is 46.7. The van der Waals surface area contributed by atoms with Crippen LogP contribution in [0.5, 0.6) is 0 Å². The number of carbonyl (C=O) groups excluding carboxylic acids is 1. The van der Waals surface area contributed by atoms with Crippen LogP contribution in [0.4, 0.5) is 0 Å². The van der Waals surface area contributed by atoms with Crippen molar-refractivity contribution < 1.29 is 46.8 Å². The number of nitrogens with zero attached hydrogens (tertiary/aromatic N) is 4. The van der Waals surface area contributed by atoms with Gasteiger partial charge < -0.3 is 35.6 Å². The molecular formula is C54H68FeN4O6. The van der Waals surface area contributed by atoms with Crippen LogP contribution in [-0.2, 0) is 45.9 Å². The van der Waals surface area contributed by atoms with Gasteiger partial charge in [0.1, 0.15) is 6.29 Å². The normalized spacial score (nSPS) is 19.7. The van der Waals surface area contributed by atoms with Gasteiger partial charge in [0.25, 0.3) is 0 Å². The van der Waals surface area contributed by atoms with Crippen LogP contribution in [0.3, 0.4) is 0 Å². The number of aldehydes is 1. The number of hydrogen-bond donors (Lipinski definition) is 3. The van der Waals surface area contributed by atoms with Gasteiger partial charge in [-0.2, -0.15) is 11.4 Å². The van der Waals surface area contributed by atoms with E-state index in [2.05, 4.69) is 72.4 Å². The first kappa shape index (κ1) is 52.5. The van der Waals surface area contributed by atoms with E-state index < -0.39 is 18.0 Å². The van der Waals surface area contributed by atoms with E-state index in [0.717, 1.165) is 72.2 Å². The number of carbonyl (C=O) groups is 3. The van der Waals surface area contributed by atoms with E-state index in [1.54, 1.807) is 12.2 Å². The Labute approximate surface area is 396 Å². The van der Waals surface area contributed by atoms with Crippen LogP contribution >= 0.6 is 0 Å². The van der Waals surface area contributed by atoms with Crippen LogP contribution in [0.1, 0.15) is 173 Å². The van der Waals surface area contributed by atoms with Gasteiger partial charge in [0.05, 0.1) is 6.10 Å². The Kier molecular flexibility index (Phi) is 19.8. The third-order valence-electron chi connectivity index (χ3n) is 12.9. The summed E-state index contributed by atoms with van der Waals surface area (Å²) in [4.78, 5) is 51.4. The van der Waals surface area contributed by atoms with E-state index >= 15 is 0 Å². The van der Waals surface area contributed by atoms with Crippen molar-refractivity contribution in [2.75, 3.05) is 0 Å². The summed E-state index contributed by atoms with van der Waals surface area (Å²) in [6.45, 7) is 21.0. The minimum atomic E-state index is -1.01. The van der Waals surface area contributed by atoms with Crippen molar-refractivity contribution in [3.05, 3.63) is 137 Å². The molecule has 0 amide bonds. The average molecular weight is 925 g/mol. The quantitative estimate of drug-likeness (QED) is 0.0535. The first-order valence-electron chi connectivity index (χ1n) is 22.9. The summed E-state index contributed by atoms with van der Waals surface area (Å²) in [5.74, 6) is -1.96. The Morgan fingerprint density at radius 3 is 1.86 bits per heavy atom. The number of carboxylic acid groups (broad SMARTS) is 2. The molecule has 1 fully saturated rings. The van der Waals surface area contributed by atoms with E-state index in [0.29, 0.717) is 58.9 Å². The molecule has 4 atom stereocenters. The molecule has 10 nitrogen and oxygen atoms in total. The van der Waals surface area contributed by atoms with E-state index in [1.165, 1.54) is 22.3 Å². The molecule has 65 heavy (non-hydrogen) atoms. The molecule has 2 aliphatic rings. The van der Waals surface area contributed by atoms with Crippen LogP contribution < -0.4 is 25.7 Å². The summed E-state index contributed by atoms with van der Waals surface area (Å²) >= 11 is 0. The van der Waals surface area contributed by atoms with Gasteiger partial charge in [-0.15, -0.1) is 40.4 Å². The molecule has 0 aromatic carbocycles. The molecular weight excluding hydrogens is 856 g/mol. The third-order valence-corrected chi connectivity index (χ3v) is 12.9. The number of rotatable bonds is 21. The third kappa shape index (κ3) is 14.0. The van der Waals surface area contributed by atoms with E-state index in [1.807, 2.05) is 26.0 Å². The number of aliphatic carboxylic acids is 2. The molecule has 8 bridgehead atoms. The van der Waals surface area contributed by atoms with Gasteiger partial charge in [-0.1, -0.05) is 106 Å². The molecule has 1 unspecified atom stereocenters. The molecule has 5 rings (SSSR count). The Bertz CT molecular complexity index is 2480. The van der Waals surface area contributed by atoms with Gasteiger partial charge in [-0.05, 0) is 130 Å². The number of carboxylic acids is 2. The molecule has 11 heteroatoms. The molecule has 1 saturated heterocycles. The first-order chi connectivity index (χ1) is 30.5. The van der Waals surface area contributed by atoms with Crippen molar-refractivity contribution in [3.63, 3.8) is 0 Å². The Morgan fingerprint density at radius 2 is 1.29 bits per heavy atom. The van der Waals surface area contributed by atoms with E-state index in [9.17, 15) is 29.7 Å². The number of fused-ring (bicyclic) bond motifs is 8. The molecule has 0 saturated carbocycles. The SMILES string of the molecule is C=C[C@@H]1/C2=C/c3[n-]c(c(CCC(=O)O)c3C)/C=c3\[n-]/c(c(C=O)c3CCC(=O)O)=C\c3[n-]c(c([C@@H](O)CC/C=C(\C)CC/C=C(\C)CC/C=C(\C)CCC=C(C)C)c3C)CC([N-]2)[C@H]1C.[Fe+4]. The Balaban J connectivity index is 0.00000925. The van der Waals surface area contributed by atoms with Crippen molar-refractivity contribution >= 4 is 36.5 Å². The van der Waals surface area contributed by atoms with Crippen molar-refractivity contribution in [1.29, 1.82) is 0 Å². The minimum absolute atomic E-state index is 0. The summed E-state index contributed by atoms with van der Waals surface area (Å²) in [6.07, 6.45) is 24.4. The second-order valence-corrected chi connectivity index (χ2v) is 18.2. The fourth-order valence-electron chi connectivity index (χ4n) is 9.04. The van der Waals surface area contributed by atoms with Gasteiger partial charge in [0, 0.05) is 18.4 Å². The summed E-state index contributed by atoms with van der Waals surface area (Å²) in [7, 11) is 0. The largest absolute Gasteiger partial charge is 4.00 e. The first-order valence-corrected chi connectivity index (χ1v) is 22.9. The fraction of sp³-hybridized carbons (Fsp3) is 0.463.